The normalized spacial score (nSPS) is 14.2. The van der Waals surface area contributed by atoms with Gasteiger partial charge in [0.15, 0.2) is 11.6 Å². The first-order valence-electron chi connectivity index (χ1n) is 7.14. The summed E-state index contributed by atoms with van der Waals surface area (Å²) in [5, 5.41) is 9.96. The first kappa shape index (κ1) is 14.1. The van der Waals surface area contributed by atoms with Gasteiger partial charge in [0.25, 0.3) is 0 Å². The molecule has 1 aliphatic heterocycles. The van der Waals surface area contributed by atoms with Gasteiger partial charge in [-0.25, -0.2) is 15.0 Å². The highest BCUT2D eigenvalue weighted by molar-refractivity contribution is 6.06. The van der Waals surface area contributed by atoms with Crippen LogP contribution in [0.15, 0.2) is 58.5 Å². The predicted molar refractivity (Wildman–Crippen MR) is 87.3 cm³/mol. The van der Waals surface area contributed by atoms with Crippen molar-refractivity contribution >= 4 is 18.1 Å². The number of aliphatic imine (C=N–C) groups is 2. The van der Waals surface area contributed by atoms with Crippen molar-refractivity contribution in [2.24, 2.45) is 9.98 Å². The number of rotatable bonds is 5. The Bertz CT molecular complexity index is 735. The summed E-state index contributed by atoms with van der Waals surface area (Å²) in [4.78, 5) is 16.5. The molecular weight excluding hydrogens is 276 g/mol. The van der Waals surface area contributed by atoms with Crippen LogP contribution in [0.1, 0.15) is 17.0 Å². The van der Waals surface area contributed by atoms with E-state index in [1.165, 1.54) is 11.9 Å². The topological polar surface area (TPSA) is 70.7 Å². The Balaban J connectivity index is 1.70. The van der Waals surface area contributed by atoms with E-state index in [9.17, 15) is 5.11 Å². The molecular formula is C17H16N4O. The van der Waals surface area contributed by atoms with Crippen molar-refractivity contribution in [3.05, 3.63) is 65.4 Å². The first-order chi connectivity index (χ1) is 10.8. The molecule has 0 amide bonds. The Morgan fingerprint density at radius 2 is 2.00 bits per heavy atom. The predicted octanol–water partition coefficient (Wildman–Crippen LogP) is 2.64. The molecule has 0 unspecified atom stereocenters. The fraction of sp³-hybridized carbons (Fsp3) is 0.176. The number of nitrogens with zero attached hydrogens (tertiary/aromatic N) is 4. The van der Waals surface area contributed by atoms with E-state index in [2.05, 4.69) is 32.1 Å². The van der Waals surface area contributed by atoms with Crippen LogP contribution in [0.3, 0.4) is 0 Å². The lowest BCUT2D eigenvalue weighted by Gasteiger charge is -2.02. The van der Waals surface area contributed by atoms with E-state index in [0.29, 0.717) is 18.1 Å². The highest BCUT2D eigenvalue weighted by Crippen LogP contribution is 2.09. The third-order valence-electron chi connectivity index (χ3n) is 3.31. The summed E-state index contributed by atoms with van der Waals surface area (Å²) in [6.07, 6.45) is 6.48. The molecule has 110 valence electrons. The van der Waals surface area contributed by atoms with Crippen molar-refractivity contribution in [2.45, 2.75) is 12.8 Å². The standard InChI is InChI=1S/C17H16N4O/c22-16(17-18-8-9-19-17)11-15-10-14(20-12-21-15)7-6-13-4-2-1-3-5-13/h1-5,8,10-12,22H,6-7,9H2/b16-11-. The summed E-state index contributed by atoms with van der Waals surface area (Å²) in [6, 6.07) is 12.1. The number of hydrogen-bond donors (Lipinski definition) is 1. The van der Waals surface area contributed by atoms with E-state index in [1.54, 1.807) is 12.3 Å². The van der Waals surface area contributed by atoms with Crippen LogP contribution >= 0.6 is 0 Å². The largest absolute Gasteiger partial charge is 0.504 e. The molecule has 0 saturated heterocycles. The Morgan fingerprint density at radius 3 is 2.77 bits per heavy atom. The molecule has 5 nitrogen and oxygen atoms in total. The van der Waals surface area contributed by atoms with Crippen molar-refractivity contribution in [3.8, 4) is 0 Å². The van der Waals surface area contributed by atoms with Crippen LogP contribution in [0.2, 0.25) is 0 Å². The average molecular weight is 292 g/mol. The highest BCUT2D eigenvalue weighted by atomic mass is 16.3. The number of aromatic nitrogens is 2. The lowest BCUT2D eigenvalue weighted by Crippen LogP contribution is -1.99. The van der Waals surface area contributed by atoms with Crippen LogP contribution < -0.4 is 0 Å². The molecule has 1 aliphatic rings. The fourth-order valence-electron chi connectivity index (χ4n) is 2.19. The minimum Gasteiger partial charge on any atom is -0.504 e. The molecule has 0 fully saturated rings. The summed E-state index contributed by atoms with van der Waals surface area (Å²) in [7, 11) is 0. The number of aryl methyl sites for hydroxylation is 2. The molecule has 0 bridgehead atoms. The van der Waals surface area contributed by atoms with Crippen LogP contribution in [0, 0.1) is 0 Å². The van der Waals surface area contributed by atoms with Gasteiger partial charge in [-0.15, -0.1) is 0 Å². The summed E-state index contributed by atoms with van der Waals surface area (Å²) in [5.74, 6) is 0.380. The van der Waals surface area contributed by atoms with Gasteiger partial charge in [-0.05, 0) is 24.5 Å². The molecule has 1 N–H and O–H groups in total. The third-order valence-corrected chi connectivity index (χ3v) is 3.31. The van der Waals surface area contributed by atoms with Gasteiger partial charge in [0.05, 0.1) is 12.2 Å². The first-order valence-corrected chi connectivity index (χ1v) is 7.14. The minimum absolute atomic E-state index is 0.0291. The molecule has 0 saturated carbocycles. The van der Waals surface area contributed by atoms with Gasteiger partial charge in [-0.2, -0.15) is 0 Å². The number of aliphatic hydroxyl groups is 1. The van der Waals surface area contributed by atoms with Gasteiger partial charge in [-0.3, -0.25) is 4.99 Å². The summed E-state index contributed by atoms with van der Waals surface area (Å²) in [5.41, 5.74) is 2.87. The van der Waals surface area contributed by atoms with Gasteiger partial charge >= 0.3 is 0 Å². The van der Waals surface area contributed by atoms with Crippen LogP contribution in [0.25, 0.3) is 6.08 Å². The zero-order valence-electron chi connectivity index (χ0n) is 12.1. The number of benzene rings is 1. The van der Waals surface area contributed by atoms with Crippen molar-refractivity contribution in [2.75, 3.05) is 6.54 Å². The summed E-state index contributed by atoms with van der Waals surface area (Å²) >= 11 is 0. The number of hydrogen-bond acceptors (Lipinski definition) is 5. The maximum atomic E-state index is 9.96. The van der Waals surface area contributed by atoms with Crippen LogP contribution in [0.4, 0.5) is 0 Å². The number of aliphatic hydroxyl groups excluding tert-OH is 1. The molecule has 0 spiro atoms. The van der Waals surface area contributed by atoms with Gasteiger partial charge in [0, 0.05) is 18.0 Å². The molecule has 2 heterocycles. The van der Waals surface area contributed by atoms with Crippen molar-refractivity contribution < 1.29 is 5.11 Å². The van der Waals surface area contributed by atoms with Gasteiger partial charge < -0.3 is 5.11 Å². The Hall–Kier alpha value is -2.82. The molecule has 3 rings (SSSR count). The van der Waals surface area contributed by atoms with Gasteiger partial charge in [-0.1, -0.05) is 30.3 Å². The smallest absolute Gasteiger partial charge is 0.190 e. The number of amidine groups is 1. The maximum absolute atomic E-state index is 9.96. The minimum atomic E-state index is 0.0291. The second-order valence-corrected chi connectivity index (χ2v) is 4.93. The van der Waals surface area contributed by atoms with E-state index in [4.69, 9.17) is 0 Å². The van der Waals surface area contributed by atoms with E-state index in [0.717, 1.165) is 18.5 Å². The SMILES string of the molecule is O/C(=C\c1cc(CCc2ccccc2)ncn1)C1=NCC=N1. The van der Waals surface area contributed by atoms with Crippen LogP contribution in [0.5, 0.6) is 0 Å². The van der Waals surface area contributed by atoms with Crippen molar-refractivity contribution in [1.82, 2.24) is 9.97 Å². The molecule has 2 aromatic rings. The molecule has 1 aromatic heterocycles. The second-order valence-electron chi connectivity index (χ2n) is 4.93. The Kier molecular flexibility index (Phi) is 4.34. The summed E-state index contributed by atoms with van der Waals surface area (Å²) in [6.45, 7) is 0.513. The fourth-order valence-corrected chi connectivity index (χ4v) is 2.19. The maximum Gasteiger partial charge on any atom is 0.190 e. The van der Waals surface area contributed by atoms with E-state index >= 15 is 0 Å². The highest BCUT2D eigenvalue weighted by Gasteiger charge is 2.07. The zero-order valence-corrected chi connectivity index (χ0v) is 12.1. The molecule has 22 heavy (non-hydrogen) atoms. The van der Waals surface area contributed by atoms with Crippen molar-refractivity contribution in [3.63, 3.8) is 0 Å². The van der Waals surface area contributed by atoms with E-state index in [-0.39, 0.29) is 5.76 Å². The van der Waals surface area contributed by atoms with Crippen molar-refractivity contribution in [1.29, 1.82) is 0 Å². The quantitative estimate of drug-likeness (QED) is 0.861. The van der Waals surface area contributed by atoms with Crippen LogP contribution in [-0.2, 0) is 12.8 Å². The molecule has 0 radical (unpaired) electrons. The molecule has 0 aliphatic carbocycles. The third kappa shape index (κ3) is 3.63. The molecule has 5 heteroatoms. The van der Waals surface area contributed by atoms with Crippen LogP contribution in [-0.4, -0.2) is 33.7 Å². The summed E-state index contributed by atoms with van der Waals surface area (Å²) < 4.78 is 0. The van der Waals surface area contributed by atoms with Gasteiger partial charge in [0.2, 0.25) is 0 Å². The Labute approximate surface area is 128 Å². The molecule has 1 aromatic carbocycles. The molecule has 0 atom stereocenters. The monoisotopic (exact) mass is 292 g/mol. The van der Waals surface area contributed by atoms with Gasteiger partial charge in [0.1, 0.15) is 6.33 Å². The lowest BCUT2D eigenvalue weighted by molar-refractivity contribution is 0.447. The zero-order chi connectivity index (χ0) is 15.2. The van der Waals surface area contributed by atoms with E-state index in [1.807, 2.05) is 24.3 Å². The Morgan fingerprint density at radius 1 is 1.14 bits per heavy atom. The lowest BCUT2D eigenvalue weighted by atomic mass is 10.1. The second kappa shape index (κ2) is 6.76. The van der Waals surface area contributed by atoms with E-state index < -0.39 is 0 Å². The average Bonchev–Trinajstić information content (AvgIpc) is 3.09.